The summed E-state index contributed by atoms with van der Waals surface area (Å²) in [4.78, 5) is 0. The van der Waals surface area contributed by atoms with Gasteiger partial charge in [-0.05, 0) is 81.2 Å². The first-order chi connectivity index (χ1) is 24.9. The fraction of sp³-hybridized carbons (Fsp3) is 0. The van der Waals surface area contributed by atoms with Gasteiger partial charge in [0.2, 0.25) is 0 Å². The van der Waals surface area contributed by atoms with Crippen molar-refractivity contribution in [2.75, 3.05) is 0 Å². The van der Waals surface area contributed by atoms with Gasteiger partial charge in [-0.15, -0.1) is 0 Å². The van der Waals surface area contributed by atoms with Crippen LogP contribution in [-0.2, 0) is 0 Å². The summed E-state index contributed by atoms with van der Waals surface area (Å²) in [5.74, 6) is 0. The highest BCUT2D eigenvalue weighted by molar-refractivity contribution is 6.19. The van der Waals surface area contributed by atoms with E-state index in [1.54, 1.807) is 0 Å². The van der Waals surface area contributed by atoms with Crippen LogP contribution in [0.5, 0.6) is 0 Å². The molecule has 214 valence electrons. The van der Waals surface area contributed by atoms with Gasteiger partial charge in [0.05, 0.1) is 28.9 Å². The lowest BCUT2D eigenvalue weighted by molar-refractivity contribution is 1.17. The molecule has 10 rings (SSSR count). The van der Waals surface area contributed by atoms with Crippen LogP contribution in [0.4, 0.5) is 0 Å². The maximum absolute atomic E-state index is 8.64. The minimum Gasteiger partial charge on any atom is -0.309 e. The van der Waals surface area contributed by atoms with Crippen molar-refractivity contribution >= 4 is 65.2 Å². The van der Waals surface area contributed by atoms with Crippen molar-refractivity contribution in [3.05, 3.63) is 170 Å². The van der Waals surface area contributed by atoms with Gasteiger partial charge in [-0.1, -0.05) is 121 Å². The molecule has 0 saturated heterocycles. The monoisotopic (exact) mass is 589 g/mol. The van der Waals surface area contributed by atoms with Crippen molar-refractivity contribution < 1.29 is 6.85 Å². The molecule has 0 spiro atoms. The molecule has 0 fully saturated rings. The largest absolute Gasteiger partial charge is 0.309 e. The first-order valence-electron chi connectivity index (χ1n) is 17.9. The summed E-state index contributed by atoms with van der Waals surface area (Å²) in [7, 11) is 0. The molecule has 0 N–H and O–H groups in total. The summed E-state index contributed by atoms with van der Waals surface area (Å²) >= 11 is 0. The van der Waals surface area contributed by atoms with Gasteiger partial charge in [0.25, 0.3) is 0 Å². The van der Waals surface area contributed by atoms with Crippen LogP contribution in [0.2, 0.25) is 0 Å². The molecule has 8 aromatic carbocycles. The predicted molar refractivity (Wildman–Crippen MR) is 196 cm³/mol. The van der Waals surface area contributed by atoms with E-state index in [1.165, 1.54) is 26.9 Å². The third-order valence-electron chi connectivity index (χ3n) is 9.35. The predicted octanol–water partition coefficient (Wildman–Crippen LogP) is 11.9. The Balaban J connectivity index is 1.26. The Bertz CT molecular complexity index is 3070. The number of hydrogen-bond donors (Lipinski definition) is 0. The van der Waals surface area contributed by atoms with Gasteiger partial charge < -0.3 is 9.13 Å². The first kappa shape index (κ1) is 20.8. The highest BCUT2D eigenvalue weighted by Crippen LogP contribution is 2.40. The minimum atomic E-state index is -0.397. The molecule has 46 heavy (non-hydrogen) atoms. The molecule has 0 saturated carbocycles. The second kappa shape index (κ2) is 9.69. The average molecular weight is 590 g/mol. The molecule has 2 nitrogen and oxygen atoms in total. The van der Waals surface area contributed by atoms with Crippen molar-refractivity contribution in [1.29, 1.82) is 0 Å². The van der Waals surface area contributed by atoms with Crippen molar-refractivity contribution in [3.63, 3.8) is 0 Å². The zero-order valence-electron chi connectivity index (χ0n) is 29.7. The van der Waals surface area contributed by atoms with Gasteiger partial charge in [-0.2, -0.15) is 0 Å². The van der Waals surface area contributed by atoms with Crippen LogP contribution in [0, 0.1) is 0 Å². The molecular formula is C44H28N2. The zero-order chi connectivity index (χ0) is 34.5. The Hall–Kier alpha value is -6.12. The number of nitrogens with zero attached hydrogens (tertiary/aromatic N) is 2. The van der Waals surface area contributed by atoms with Crippen molar-refractivity contribution in [3.8, 4) is 22.5 Å². The lowest BCUT2D eigenvalue weighted by Crippen LogP contribution is -1.96. The summed E-state index contributed by atoms with van der Waals surface area (Å²) in [6.07, 6.45) is 0. The smallest absolute Gasteiger partial charge is 0.0629 e. The van der Waals surface area contributed by atoms with E-state index < -0.39 is 6.04 Å². The van der Waals surface area contributed by atoms with E-state index in [9.17, 15) is 0 Å². The second-order valence-corrected chi connectivity index (χ2v) is 11.8. The summed E-state index contributed by atoms with van der Waals surface area (Å²) in [5.41, 5.74) is 6.90. The summed E-state index contributed by atoms with van der Waals surface area (Å²) in [6.45, 7) is 0. The van der Waals surface area contributed by atoms with Crippen molar-refractivity contribution in [2.45, 2.75) is 0 Å². The summed E-state index contributed by atoms with van der Waals surface area (Å²) < 4.78 is 46.5. The molecule has 0 aliphatic rings. The topological polar surface area (TPSA) is 9.86 Å². The SMILES string of the molecule is [2H]c1c([2H])c([2H])c(-c2cccc(-n3c4ccccc4c4cc5c6ccccc6n(-c6ccc7c(ccc8ccccc87)c6)c5cc43)c2)c([2H])c1[2H]. The maximum atomic E-state index is 8.64. The lowest BCUT2D eigenvalue weighted by atomic mass is 10.0. The van der Waals surface area contributed by atoms with Crippen LogP contribution < -0.4 is 0 Å². The molecule has 0 atom stereocenters. The van der Waals surface area contributed by atoms with Crippen LogP contribution >= 0.6 is 0 Å². The van der Waals surface area contributed by atoms with E-state index >= 15 is 0 Å². The zero-order valence-corrected chi connectivity index (χ0v) is 24.7. The standard InChI is InChI=1S/C44H28N2/c1-2-11-29(12-3-1)31-14-10-15-33(25-31)45-41-19-8-6-17-37(41)39-27-40-38-18-7-9-20-42(38)46(44(40)28-43(39)45)34-23-24-36-32(26-34)22-21-30-13-4-5-16-35(30)36/h1-28H/i1D,2D,3D,11D,12D. The number of aromatic nitrogens is 2. The van der Waals surface area contributed by atoms with Gasteiger partial charge in [0.15, 0.2) is 0 Å². The minimum absolute atomic E-state index is 0.190. The van der Waals surface area contributed by atoms with Crippen LogP contribution in [0.25, 0.3) is 87.7 Å². The molecule has 10 aromatic rings. The third kappa shape index (κ3) is 3.65. The maximum Gasteiger partial charge on any atom is 0.0629 e. The number of para-hydroxylation sites is 2. The molecule has 0 unspecified atom stereocenters. The molecule has 0 amide bonds. The van der Waals surface area contributed by atoms with E-state index in [1.807, 2.05) is 30.3 Å². The Labute approximate surface area is 273 Å². The molecule has 2 aromatic heterocycles. The molecule has 0 radical (unpaired) electrons. The van der Waals surface area contributed by atoms with Crippen molar-refractivity contribution in [2.24, 2.45) is 0 Å². The first-order valence-corrected chi connectivity index (χ1v) is 15.4. The van der Waals surface area contributed by atoms with Crippen LogP contribution in [0.3, 0.4) is 0 Å². The molecular weight excluding hydrogens is 556 g/mol. The second-order valence-electron chi connectivity index (χ2n) is 11.8. The number of fused-ring (bicyclic) bond motifs is 9. The van der Waals surface area contributed by atoms with Crippen LogP contribution in [-0.4, -0.2) is 9.13 Å². The highest BCUT2D eigenvalue weighted by atomic mass is 15.0. The Morgan fingerprint density at radius 2 is 0.957 bits per heavy atom. The number of hydrogen-bond acceptors (Lipinski definition) is 0. The Kier molecular flexibility index (Phi) is 4.37. The number of benzene rings is 8. The summed E-state index contributed by atoms with van der Waals surface area (Å²) in [5, 5.41) is 9.41. The Morgan fingerprint density at radius 1 is 0.348 bits per heavy atom. The highest BCUT2D eigenvalue weighted by Gasteiger charge is 2.19. The molecule has 2 heteroatoms. The fourth-order valence-corrected chi connectivity index (χ4v) is 7.32. The van der Waals surface area contributed by atoms with Crippen LogP contribution in [0.1, 0.15) is 6.85 Å². The van der Waals surface area contributed by atoms with E-state index in [0.717, 1.165) is 49.6 Å². The normalized spacial score (nSPS) is 13.4. The average Bonchev–Trinajstić information content (AvgIpc) is 3.67. The van der Waals surface area contributed by atoms with Crippen molar-refractivity contribution in [1.82, 2.24) is 9.13 Å². The fourth-order valence-electron chi connectivity index (χ4n) is 7.32. The van der Waals surface area contributed by atoms with E-state index in [-0.39, 0.29) is 29.7 Å². The third-order valence-corrected chi connectivity index (χ3v) is 9.35. The van der Waals surface area contributed by atoms with Gasteiger partial charge in [-0.3, -0.25) is 0 Å². The molecule has 2 heterocycles. The molecule has 0 bridgehead atoms. The van der Waals surface area contributed by atoms with Gasteiger partial charge >= 0.3 is 0 Å². The van der Waals surface area contributed by atoms with E-state index in [2.05, 4.69) is 118 Å². The van der Waals surface area contributed by atoms with Gasteiger partial charge in [0, 0.05) is 32.9 Å². The Morgan fingerprint density at radius 3 is 1.70 bits per heavy atom. The van der Waals surface area contributed by atoms with Gasteiger partial charge in [0.1, 0.15) is 0 Å². The summed E-state index contributed by atoms with van der Waals surface area (Å²) in [6, 6.07) is 47.2. The van der Waals surface area contributed by atoms with Crippen LogP contribution in [0.15, 0.2) is 170 Å². The molecule has 0 aliphatic heterocycles. The van der Waals surface area contributed by atoms with E-state index in [0.29, 0.717) is 5.56 Å². The lowest BCUT2D eigenvalue weighted by Gasteiger charge is -2.12. The van der Waals surface area contributed by atoms with E-state index in [4.69, 9.17) is 6.85 Å². The van der Waals surface area contributed by atoms with Gasteiger partial charge in [-0.25, -0.2) is 0 Å². The number of rotatable bonds is 3. The quantitative estimate of drug-likeness (QED) is 0.181. The molecule has 0 aliphatic carbocycles.